The number of rotatable bonds is 2. The Hall–Kier alpha value is -0.180. The molecule has 0 aliphatic carbocycles. The summed E-state index contributed by atoms with van der Waals surface area (Å²) < 4.78 is 0. The van der Waals surface area contributed by atoms with E-state index < -0.39 is 5.60 Å². The van der Waals surface area contributed by atoms with E-state index in [0.717, 1.165) is 29.2 Å². The molecule has 1 N–H and O–H groups in total. The van der Waals surface area contributed by atoms with E-state index in [4.69, 9.17) is 11.6 Å². The number of thioether (sulfide) groups is 1. The number of aliphatic hydroxyl groups is 1. The SMILES string of the molecule is OC1(Cc2ccccc2Cl)CCCSC1. The topological polar surface area (TPSA) is 20.2 Å². The van der Waals surface area contributed by atoms with Crippen LogP contribution in [-0.2, 0) is 6.42 Å². The Kier molecular flexibility index (Phi) is 3.60. The zero-order valence-corrected chi connectivity index (χ0v) is 10.2. The molecule has 1 saturated heterocycles. The minimum atomic E-state index is -0.548. The second-order valence-electron chi connectivity index (χ2n) is 4.15. The first-order valence-corrected chi connectivity index (χ1v) is 6.76. The van der Waals surface area contributed by atoms with Crippen molar-refractivity contribution in [1.29, 1.82) is 0 Å². The zero-order chi connectivity index (χ0) is 10.7. The smallest absolute Gasteiger partial charge is 0.0778 e. The highest BCUT2D eigenvalue weighted by Crippen LogP contribution is 2.31. The first-order valence-electron chi connectivity index (χ1n) is 5.23. The van der Waals surface area contributed by atoms with Crippen molar-refractivity contribution in [2.45, 2.75) is 24.9 Å². The van der Waals surface area contributed by atoms with Crippen molar-refractivity contribution >= 4 is 23.4 Å². The highest BCUT2D eigenvalue weighted by Gasteiger charge is 2.30. The van der Waals surface area contributed by atoms with Crippen molar-refractivity contribution in [1.82, 2.24) is 0 Å². The fourth-order valence-corrected chi connectivity index (χ4v) is 3.30. The van der Waals surface area contributed by atoms with E-state index in [0.29, 0.717) is 6.42 Å². The maximum absolute atomic E-state index is 10.4. The third-order valence-corrected chi connectivity index (χ3v) is 4.47. The third kappa shape index (κ3) is 2.90. The average Bonchev–Trinajstić information content (AvgIpc) is 2.22. The van der Waals surface area contributed by atoms with Gasteiger partial charge in [0.05, 0.1) is 5.60 Å². The number of hydrogen-bond acceptors (Lipinski definition) is 2. The summed E-state index contributed by atoms with van der Waals surface area (Å²) in [6.07, 6.45) is 2.68. The highest BCUT2D eigenvalue weighted by molar-refractivity contribution is 7.99. The normalized spacial score (nSPS) is 26.5. The van der Waals surface area contributed by atoms with Crippen LogP contribution in [0.3, 0.4) is 0 Å². The first-order chi connectivity index (χ1) is 7.20. The minimum absolute atomic E-state index is 0.548. The first kappa shape index (κ1) is 11.3. The average molecular weight is 243 g/mol. The molecule has 3 heteroatoms. The third-order valence-electron chi connectivity index (χ3n) is 2.78. The quantitative estimate of drug-likeness (QED) is 0.860. The van der Waals surface area contributed by atoms with Gasteiger partial charge in [0.2, 0.25) is 0 Å². The Balaban J connectivity index is 2.10. The lowest BCUT2D eigenvalue weighted by Gasteiger charge is -2.32. The van der Waals surface area contributed by atoms with E-state index >= 15 is 0 Å². The maximum atomic E-state index is 10.4. The molecule has 0 aromatic heterocycles. The van der Waals surface area contributed by atoms with Crippen LogP contribution in [0.15, 0.2) is 24.3 Å². The molecule has 0 spiro atoms. The molecule has 1 aliphatic heterocycles. The molecule has 1 fully saturated rings. The Morgan fingerprint density at radius 2 is 2.20 bits per heavy atom. The molecule has 1 aliphatic rings. The van der Waals surface area contributed by atoms with Crippen LogP contribution in [0.1, 0.15) is 18.4 Å². The molecular weight excluding hydrogens is 228 g/mol. The summed E-state index contributed by atoms with van der Waals surface area (Å²) in [5, 5.41) is 11.1. The predicted octanol–water partition coefficient (Wildman–Crippen LogP) is 3.14. The van der Waals surface area contributed by atoms with E-state index in [2.05, 4.69) is 0 Å². The molecule has 1 heterocycles. The van der Waals surface area contributed by atoms with Gasteiger partial charge in [0.15, 0.2) is 0 Å². The monoisotopic (exact) mass is 242 g/mol. The fourth-order valence-electron chi connectivity index (χ4n) is 1.97. The van der Waals surface area contributed by atoms with Crippen LogP contribution in [0, 0.1) is 0 Å². The number of benzene rings is 1. The van der Waals surface area contributed by atoms with Gasteiger partial charge in [-0.25, -0.2) is 0 Å². The van der Waals surface area contributed by atoms with Gasteiger partial charge in [-0.3, -0.25) is 0 Å². The van der Waals surface area contributed by atoms with Gasteiger partial charge in [-0.1, -0.05) is 29.8 Å². The molecule has 0 bridgehead atoms. The molecule has 1 aromatic rings. The van der Waals surface area contributed by atoms with Crippen molar-refractivity contribution in [2.75, 3.05) is 11.5 Å². The van der Waals surface area contributed by atoms with Crippen LogP contribution < -0.4 is 0 Å². The summed E-state index contributed by atoms with van der Waals surface area (Å²) in [6.45, 7) is 0. The van der Waals surface area contributed by atoms with Gasteiger partial charge < -0.3 is 5.11 Å². The fraction of sp³-hybridized carbons (Fsp3) is 0.500. The summed E-state index contributed by atoms with van der Waals surface area (Å²) in [6, 6.07) is 7.78. The van der Waals surface area contributed by atoms with Crippen LogP contribution in [0.25, 0.3) is 0 Å². The summed E-state index contributed by atoms with van der Waals surface area (Å²) in [4.78, 5) is 0. The van der Waals surface area contributed by atoms with E-state index in [-0.39, 0.29) is 0 Å². The van der Waals surface area contributed by atoms with E-state index in [1.807, 2.05) is 36.0 Å². The lowest BCUT2D eigenvalue weighted by molar-refractivity contribution is 0.0530. The van der Waals surface area contributed by atoms with Crippen LogP contribution >= 0.6 is 23.4 Å². The molecule has 1 aromatic carbocycles. The van der Waals surface area contributed by atoms with Crippen molar-refractivity contribution in [3.05, 3.63) is 34.9 Å². The predicted molar refractivity (Wildman–Crippen MR) is 66.7 cm³/mol. The lowest BCUT2D eigenvalue weighted by atomic mass is 9.91. The molecule has 1 unspecified atom stereocenters. The number of halogens is 1. The van der Waals surface area contributed by atoms with Gasteiger partial charge in [0.1, 0.15) is 0 Å². The molecular formula is C12H15ClOS. The molecule has 82 valence electrons. The molecule has 15 heavy (non-hydrogen) atoms. The Bertz CT molecular complexity index is 334. The number of hydrogen-bond donors (Lipinski definition) is 1. The summed E-state index contributed by atoms with van der Waals surface area (Å²) in [5.74, 6) is 2.00. The van der Waals surface area contributed by atoms with Gasteiger partial charge >= 0.3 is 0 Å². The van der Waals surface area contributed by atoms with Gasteiger partial charge in [0, 0.05) is 17.2 Å². The minimum Gasteiger partial charge on any atom is -0.389 e. The standard InChI is InChI=1S/C12H15ClOS/c13-11-5-2-1-4-10(11)8-12(14)6-3-7-15-9-12/h1-2,4-5,14H,3,6-9H2. The van der Waals surface area contributed by atoms with Crippen LogP contribution in [0.2, 0.25) is 5.02 Å². The van der Waals surface area contributed by atoms with Crippen LogP contribution in [0.5, 0.6) is 0 Å². The van der Waals surface area contributed by atoms with E-state index in [1.54, 1.807) is 0 Å². The zero-order valence-electron chi connectivity index (χ0n) is 8.58. The molecule has 0 radical (unpaired) electrons. The van der Waals surface area contributed by atoms with Gasteiger partial charge in [-0.15, -0.1) is 0 Å². The molecule has 2 rings (SSSR count). The second-order valence-corrected chi connectivity index (χ2v) is 5.66. The van der Waals surface area contributed by atoms with Gasteiger partial charge in [0.25, 0.3) is 0 Å². The molecule has 1 nitrogen and oxygen atoms in total. The van der Waals surface area contributed by atoms with E-state index in [1.165, 1.54) is 5.75 Å². The molecule has 0 saturated carbocycles. The highest BCUT2D eigenvalue weighted by atomic mass is 35.5. The largest absolute Gasteiger partial charge is 0.389 e. The van der Waals surface area contributed by atoms with Crippen molar-refractivity contribution in [3.63, 3.8) is 0 Å². The summed E-state index contributed by atoms with van der Waals surface area (Å²) in [7, 11) is 0. The van der Waals surface area contributed by atoms with E-state index in [9.17, 15) is 5.11 Å². The van der Waals surface area contributed by atoms with Crippen molar-refractivity contribution in [3.8, 4) is 0 Å². The lowest BCUT2D eigenvalue weighted by Crippen LogP contribution is -2.37. The van der Waals surface area contributed by atoms with Crippen molar-refractivity contribution in [2.24, 2.45) is 0 Å². The molecule has 1 atom stereocenters. The molecule has 0 amide bonds. The van der Waals surface area contributed by atoms with Crippen LogP contribution in [-0.4, -0.2) is 22.2 Å². The second kappa shape index (κ2) is 4.77. The summed E-state index contributed by atoms with van der Waals surface area (Å²) in [5.41, 5.74) is 0.512. The Labute approximate surface area is 99.8 Å². The summed E-state index contributed by atoms with van der Waals surface area (Å²) >= 11 is 7.92. The Morgan fingerprint density at radius 3 is 2.87 bits per heavy atom. The van der Waals surface area contributed by atoms with Gasteiger partial charge in [-0.05, 0) is 30.2 Å². The van der Waals surface area contributed by atoms with Gasteiger partial charge in [-0.2, -0.15) is 11.8 Å². The van der Waals surface area contributed by atoms with Crippen molar-refractivity contribution < 1.29 is 5.11 Å². The van der Waals surface area contributed by atoms with Crippen LogP contribution in [0.4, 0.5) is 0 Å². The maximum Gasteiger partial charge on any atom is 0.0778 e. The Morgan fingerprint density at radius 1 is 1.40 bits per heavy atom.